The maximum absolute atomic E-state index is 12.0. The summed E-state index contributed by atoms with van der Waals surface area (Å²) in [5.41, 5.74) is 2.42. The Hall–Kier alpha value is -3.56. The van der Waals surface area contributed by atoms with Crippen LogP contribution in [0.15, 0.2) is 24.3 Å². The van der Waals surface area contributed by atoms with Crippen molar-refractivity contribution in [2.24, 2.45) is 0 Å². The third-order valence-corrected chi connectivity index (χ3v) is 4.24. The third kappa shape index (κ3) is 2.92. The normalized spacial score (nSPS) is 11.4. The fraction of sp³-hybridized carbons (Fsp3) is 0.333. The minimum atomic E-state index is -0.384. The Morgan fingerprint density at radius 1 is 0.786 bits per heavy atom. The molecule has 0 atom stereocenters. The first-order chi connectivity index (χ1) is 13.6. The second-order valence-corrected chi connectivity index (χ2v) is 6.00. The summed E-state index contributed by atoms with van der Waals surface area (Å²) in [6.45, 7) is 4.09. The number of benzene rings is 1. The number of carbonyl (C=O) groups is 2. The molecule has 10 heteroatoms. The molecule has 3 heterocycles. The quantitative estimate of drug-likeness (QED) is 0.456. The topological polar surface area (TPSA) is 113 Å². The summed E-state index contributed by atoms with van der Waals surface area (Å²) in [6, 6.07) is 7.51. The molecule has 0 unspecified atom stereocenters. The summed E-state index contributed by atoms with van der Waals surface area (Å²) in [6.07, 6.45) is -0.0298. The lowest BCUT2D eigenvalue weighted by molar-refractivity contribution is -0.143. The molecule has 3 aromatic heterocycles. The van der Waals surface area contributed by atoms with Crippen molar-refractivity contribution in [1.29, 1.82) is 0 Å². The lowest BCUT2D eigenvalue weighted by atomic mass is 10.2. The number of hydrogen-bond donors (Lipinski definition) is 0. The Labute approximate surface area is 159 Å². The summed E-state index contributed by atoms with van der Waals surface area (Å²) < 4.78 is 13.6. The van der Waals surface area contributed by atoms with Crippen LogP contribution in [0.1, 0.15) is 25.5 Å². The highest BCUT2D eigenvalue weighted by Gasteiger charge is 2.21. The van der Waals surface area contributed by atoms with Crippen LogP contribution in [0.4, 0.5) is 0 Å². The van der Waals surface area contributed by atoms with Crippen molar-refractivity contribution in [3.05, 3.63) is 35.9 Å². The summed E-state index contributed by atoms with van der Waals surface area (Å²) in [5.74, 6) is 0.125. The average Bonchev–Trinajstić information content (AvgIpc) is 3.27. The number of esters is 2. The molecule has 10 nitrogen and oxygen atoms in total. The van der Waals surface area contributed by atoms with E-state index in [2.05, 4.69) is 20.4 Å². The van der Waals surface area contributed by atoms with Gasteiger partial charge in [-0.15, -0.1) is 20.4 Å². The molecule has 4 rings (SSSR count). The SMILES string of the molecule is CCOC(=O)Cc1nnc2c3nnc(CC(=O)OCC)n3c3ccccc3n12. The summed E-state index contributed by atoms with van der Waals surface area (Å²) >= 11 is 0. The van der Waals surface area contributed by atoms with Crippen molar-refractivity contribution in [2.45, 2.75) is 26.7 Å². The van der Waals surface area contributed by atoms with Crippen molar-refractivity contribution < 1.29 is 19.1 Å². The maximum Gasteiger partial charge on any atom is 0.313 e. The van der Waals surface area contributed by atoms with Gasteiger partial charge < -0.3 is 9.47 Å². The van der Waals surface area contributed by atoms with Crippen molar-refractivity contribution in [3.8, 4) is 0 Å². The molecular formula is C18H18N6O4. The number of rotatable bonds is 6. The van der Waals surface area contributed by atoms with E-state index in [-0.39, 0.29) is 24.8 Å². The first kappa shape index (κ1) is 17.8. The Morgan fingerprint density at radius 2 is 1.21 bits per heavy atom. The Kier molecular flexibility index (Phi) is 4.60. The predicted molar refractivity (Wildman–Crippen MR) is 97.7 cm³/mol. The number of hydrogen-bond acceptors (Lipinski definition) is 8. The van der Waals surface area contributed by atoms with Crippen molar-refractivity contribution in [1.82, 2.24) is 29.2 Å². The van der Waals surface area contributed by atoms with Crippen LogP contribution < -0.4 is 0 Å². The zero-order valence-electron chi connectivity index (χ0n) is 15.5. The first-order valence-electron chi connectivity index (χ1n) is 8.94. The van der Waals surface area contributed by atoms with E-state index in [0.717, 1.165) is 11.0 Å². The lowest BCUT2D eigenvalue weighted by Gasteiger charge is -2.09. The highest BCUT2D eigenvalue weighted by atomic mass is 16.5. The fourth-order valence-electron chi connectivity index (χ4n) is 3.18. The molecule has 0 bridgehead atoms. The summed E-state index contributed by atoms with van der Waals surface area (Å²) in [5, 5.41) is 16.7. The van der Waals surface area contributed by atoms with Crippen molar-refractivity contribution in [3.63, 3.8) is 0 Å². The highest BCUT2D eigenvalue weighted by Crippen LogP contribution is 2.23. The number of ether oxygens (including phenoxy) is 2. The van der Waals surface area contributed by atoms with Crippen LogP contribution in [0.25, 0.3) is 22.3 Å². The predicted octanol–water partition coefficient (Wildman–Crippen LogP) is 1.14. The van der Waals surface area contributed by atoms with E-state index >= 15 is 0 Å². The van der Waals surface area contributed by atoms with Gasteiger partial charge in [-0.1, -0.05) is 12.1 Å². The van der Waals surface area contributed by atoms with Gasteiger partial charge in [0.25, 0.3) is 0 Å². The van der Waals surface area contributed by atoms with Gasteiger partial charge >= 0.3 is 11.9 Å². The minimum absolute atomic E-state index is 0.0149. The number of fused-ring (bicyclic) bond motifs is 6. The van der Waals surface area contributed by atoms with E-state index in [0.29, 0.717) is 36.2 Å². The molecule has 1 aromatic carbocycles. The van der Waals surface area contributed by atoms with E-state index < -0.39 is 0 Å². The molecule has 28 heavy (non-hydrogen) atoms. The number of carbonyl (C=O) groups excluding carboxylic acids is 2. The molecule has 0 amide bonds. The Balaban J connectivity index is 1.94. The van der Waals surface area contributed by atoms with Crippen LogP contribution in [-0.4, -0.2) is 54.3 Å². The van der Waals surface area contributed by atoms with Gasteiger partial charge in [-0.05, 0) is 26.0 Å². The zero-order chi connectivity index (χ0) is 19.7. The molecule has 0 aliphatic carbocycles. The highest BCUT2D eigenvalue weighted by molar-refractivity contribution is 5.86. The minimum Gasteiger partial charge on any atom is -0.466 e. The molecule has 0 spiro atoms. The molecule has 0 fully saturated rings. The van der Waals surface area contributed by atoms with Gasteiger partial charge in [-0.3, -0.25) is 18.4 Å². The van der Waals surface area contributed by atoms with Gasteiger partial charge in [0.1, 0.15) is 24.5 Å². The van der Waals surface area contributed by atoms with Gasteiger partial charge in [0, 0.05) is 0 Å². The first-order valence-corrected chi connectivity index (χ1v) is 8.94. The van der Waals surface area contributed by atoms with Crippen LogP contribution in [0, 0.1) is 0 Å². The molecule has 0 aliphatic heterocycles. The van der Waals surface area contributed by atoms with E-state index in [4.69, 9.17) is 9.47 Å². The number of nitrogens with zero attached hydrogens (tertiary/aromatic N) is 6. The zero-order valence-corrected chi connectivity index (χ0v) is 15.5. The van der Waals surface area contributed by atoms with Crippen LogP contribution in [-0.2, 0) is 31.9 Å². The molecule has 144 valence electrons. The molecule has 4 aromatic rings. The Morgan fingerprint density at radius 3 is 1.61 bits per heavy atom. The smallest absolute Gasteiger partial charge is 0.313 e. The van der Waals surface area contributed by atoms with Crippen LogP contribution in [0.3, 0.4) is 0 Å². The van der Waals surface area contributed by atoms with E-state index in [1.54, 1.807) is 22.6 Å². The monoisotopic (exact) mass is 382 g/mol. The van der Waals surface area contributed by atoms with Crippen LogP contribution in [0.2, 0.25) is 0 Å². The molecule has 0 saturated heterocycles. The van der Waals surface area contributed by atoms with Crippen molar-refractivity contribution in [2.75, 3.05) is 13.2 Å². The molecule has 0 N–H and O–H groups in total. The molecule has 0 radical (unpaired) electrons. The van der Waals surface area contributed by atoms with Gasteiger partial charge in [0.2, 0.25) is 11.3 Å². The van der Waals surface area contributed by atoms with Crippen molar-refractivity contribution >= 4 is 34.3 Å². The van der Waals surface area contributed by atoms with Gasteiger partial charge in [-0.25, -0.2) is 0 Å². The second kappa shape index (κ2) is 7.22. The standard InChI is InChI=1S/C18H18N6O4/c1-3-27-15(25)9-13-19-21-17-18-22-20-14(10-16(26)28-4-2)24(18)12-8-6-5-7-11(12)23(13)17/h5-8H,3-4,9-10H2,1-2H3. The number of aromatic nitrogens is 6. The molecule has 0 aliphatic rings. The summed E-state index contributed by atoms with van der Waals surface area (Å²) in [7, 11) is 0. The van der Waals surface area contributed by atoms with Crippen LogP contribution in [0.5, 0.6) is 0 Å². The van der Waals surface area contributed by atoms with Gasteiger partial charge in [0.15, 0.2) is 0 Å². The third-order valence-electron chi connectivity index (χ3n) is 4.24. The average molecular weight is 382 g/mol. The van der Waals surface area contributed by atoms with Gasteiger partial charge in [-0.2, -0.15) is 0 Å². The van der Waals surface area contributed by atoms with E-state index in [9.17, 15) is 9.59 Å². The van der Waals surface area contributed by atoms with Crippen LogP contribution >= 0.6 is 0 Å². The van der Waals surface area contributed by atoms with E-state index in [1.165, 1.54) is 0 Å². The fourth-order valence-corrected chi connectivity index (χ4v) is 3.18. The summed E-state index contributed by atoms with van der Waals surface area (Å²) in [4.78, 5) is 23.9. The maximum atomic E-state index is 12.0. The lowest BCUT2D eigenvalue weighted by Crippen LogP contribution is -2.12. The largest absolute Gasteiger partial charge is 0.466 e. The number of para-hydroxylation sites is 2. The molecule has 0 saturated carbocycles. The van der Waals surface area contributed by atoms with Gasteiger partial charge in [0.05, 0.1) is 24.2 Å². The Bertz CT molecular complexity index is 1100. The van der Waals surface area contributed by atoms with E-state index in [1.807, 2.05) is 24.3 Å². The molecular weight excluding hydrogens is 364 g/mol. The second-order valence-electron chi connectivity index (χ2n) is 6.00.